The SMILES string of the molecule is CO[C@H]1O[C@@H]2COC(c3ccccc3)O[C@H]2[C@H](O[C@H]2O[C@H](COCc3ccccc3)[C@@H](OCc3ccccc3)[C@H](OCc3ccccc3)[C@H]2O)[C@@H]1O. The molecule has 3 heterocycles. The third kappa shape index (κ3) is 8.96. The van der Waals surface area contributed by atoms with Gasteiger partial charge in [-0.3, -0.25) is 0 Å². The van der Waals surface area contributed by atoms with E-state index in [1.54, 1.807) is 0 Å². The third-order valence-electron chi connectivity index (χ3n) is 9.48. The molecule has 0 spiro atoms. The number of fused-ring (bicyclic) bond motifs is 1. The quantitative estimate of drug-likeness (QED) is 0.189. The fourth-order valence-corrected chi connectivity index (χ4v) is 6.78. The van der Waals surface area contributed by atoms with E-state index in [0.29, 0.717) is 6.61 Å². The Morgan fingerprint density at radius 2 is 1.13 bits per heavy atom. The lowest BCUT2D eigenvalue weighted by Crippen LogP contribution is -2.66. The number of hydrogen-bond donors (Lipinski definition) is 2. The summed E-state index contributed by atoms with van der Waals surface area (Å²) < 4.78 is 56.3. The van der Waals surface area contributed by atoms with Crippen LogP contribution in [0.25, 0.3) is 0 Å². The Kier molecular flexibility index (Phi) is 12.7. The second-order valence-corrected chi connectivity index (χ2v) is 13.1. The second-order valence-electron chi connectivity index (χ2n) is 13.1. The Labute approximate surface area is 303 Å². The summed E-state index contributed by atoms with van der Waals surface area (Å²) in [6.45, 7) is 1.06. The minimum Gasteiger partial charge on any atom is -0.385 e. The van der Waals surface area contributed by atoms with E-state index in [4.69, 9.17) is 42.6 Å². The smallest absolute Gasteiger partial charge is 0.187 e. The van der Waals surface area contributed by atoms with Gasteiger partial charge in [0, 0.05) is 12.7 Å². The van der Waals surface area contributed by atoms with E-state index in [1.165, 1.54) is 7.11 Å². The predicted molar refractivity (Wildman–Crippen MR) is 187 cm³/mol. The highest BCUT2D eigenvalue weighted by atomic mass is 16.8. The van der Waals surface area contributed by atoms with Crippen LogP contribution >= 0.6 is 0 Å². The lowest BCUT2D eigenvalue weighted by molar-refractivity contribution is -0.393. The van der Waals surface area contributed by atoms with Gasteiger partial charge in [0.05, 0.1) is 33.0 Å². The van der Waals surface area contributed by atoms with Crippen molar-refractivity contribution in [3.05, 3.63) is 144 Å². The zero-order chi connectivity index (χ0) is 35.7. The summed E-state index contributed by atoms with van der Waals surface area (Å²) in [5.41, 5.74) is 3.68. The van der Waals surface area contributed by atoms with Crippen LogP contribution in [0.2, 0.25) is 0 Å². The molecule has 0 radical (unpaired) electrons. The second kappa shape index (κ2) is 18.0. The zero-order valence-corrected chi connectivity index (χ0v) is 29.0. The van der Waals surface area contributed by atoms with E-state index < -0.39 is 67.7 Å². The van der Waals surface area contributed by atoms with Gasteiger partial charge in [-0.05, 0) is 16.7 Å². The molecule has 7 rings (SSSR count). The topological polar surface area (TPSA) is 124 Å². The third-order valence-corrected chi connectivity index (χ3v) is 9.48. The van der Waals surface area contributed by atoms with E-state index in [0.717, 1.165) is 22.3 Å². The van der Waals surface area contributed by atoms with E-state index in [-0.39, 0.29) is 26.4 Å². The maximum atomic E-state index is 12.1. The van der Waals surface area contributed by atoms with Crippen LogP contribution in [0.3, 0.4) is 0 Å². The minimum atomic E-state index is -1.34. The first-order valence-corrected chi connectivity index (χ1v) is 17.7. The number of aliphatic hydroxyl groups is 2. The van der Waals surface area contributed by atoms with Crippen LogP contribution in [0.1, 0.15) is 28.5 Å². The first-order chi connectivity index (χ1) is 25.6. The summed E-state index contributed by atoms with van der Waals surface area (Å²) in [5.74, 6) is 0. The molecule has 11 atom stereocenters. The number of hydrogen-bond acceptors (Lipinski definition) is 11. The van der Waals surface area contributed by atoms with Crippen molar-refractivity contribution in [1.82, 2.24) is 0 Å². The first-order valence-electron chi connectivity index (χ1n) is 17.7. The Balaban J connectivity index is 1.16. The van der Waals surface area contributed by atoms with Gasteiger partial charge in [0.15, 0.2) is 18.9 Å². The van der Waals surface area contributed by atoms with Gasteiger partial charge in [0.25, 0.3) is 0 Å². The number of rotatable bonds is 14. The van der Waals surface area contributed by atoms with Crippen molar-refractivity contribution in [3.8, 4) is 0 Å². The fourth-order valence-electron chi connectivity index (χ4n) is 6.78. The van der Waals surface area contributed by atoms with E-state index in [9.17, 15) is 10.2 Å². The Morgan fingerprint density at radius 1 is 0.596 bits per heavy atom. The van der Waals surface area contributed by atoms with Crippen LogP contribution in [0.5, 0.6) is 0 Å². The molecule has 52 heavy (non-hydrogen) atoms. The maximum absolute atomic E-state index is 12.1. The van der Waals surface area contributed by atoms with E-state index in [2.05, 4.69) is 0 Å². The van der Waals surface area contributed by atoms with Gasteiger partial charge in [-0.25, -0.2) is 0 Å². The van der Waals surface area contributed by atoms with Crippen molar-refractivity contribution in [3.63, 3.8) is 0 Å². The molecule has 3 fully saturated rings. The molecule has 11 heteroatoms. The summed E-state index contributed by atoms with van der Waals surface area (Å²) in [6.07, 6.45) is -10.5. The summed E-state index contributed by atoms with van der Waals surface area (Å²) in [5, 5.41) is 23.6. The van der Waals surface area contributed by atoms with Gasteiger partial charge >= 0.3 is 0 Å². The fraction of sp³-hybridized carbons (Fsp3) is 0.415. The lowest BCUT2D eigenvalue weighted by atomic mass is 9.95. The Bertz CT molecular complexity index is 1620. The van der Waals surface area contributed by atoms with Crippen molar-refractivity contribution in [1.29, 1.82) is 0 Å². The summed E-state index contributed by atoms with van der Waals surface area (Å²) in [6, 6.07) is 38.8. The van der Waals surface area contributed by atoms with Gasteiger partial charge < -0.3 is 52.8 Å². The zero-order valence-electron chi connectivity index (χ0n) is 29.0. The maximum Gasteiger partial charge on any atom is 0.187 e. The van der Waals surface area contributed by atoms with Crippen LogP contribution in [0, 0.1) is 0 Å². The van der Waals surface area contributed by atoms with Crippen molar-refractivity contribution in [2.24, 2.45) is 0 Å². The molecular formula is C41H46O11. The highest BCUT2D eigenvalue weighted by Crippen LogP contribution is 2.38. The molecule has 0 saturated carbocycles. The number of aliphatic hydroxyl groups excluding tert-OH is 2. The Morgan fingerprint density at radius 3 is 1.73 bits per heavy atom. The molecule has 276 valence electrons. The molecule has 0 amide bonds. The van der Waals surface area contributed by atoms with Gasteiger partial charge in [0.2, 0.25) is 0 Å². The molecule has 3 aliphatic heterocycles. The van der Waals surface area contributed by atoms with Crippen LogP contribution in [0.4, 0.5) is 0 Å². The molecule has 4 aromatic carbocycles. The molecule has 0 bridgehead atoms. The minimum absolute atomic E-state index is 0.107. The predicted octanol–water partition coefficient (Wildman–Crippen LogP) is 4.69. The molecule has 11 nitrogen and oxygen atoms in total. The summed E-state index contributed by atoms with van der Waals surface area (Å²) in [7, 11) is 1.44. The summed E-state index contributed by atoms with van der Waals surface area (Å²) in [4.78, 5) is 0. The average molecular weight is 715 g/mol. The van der Waals surface area contributed by atoms with Crippen molar-refractivity contribution >= 4 is 0 Å². The molecular weight excluding hydrogens is 668 g/mol. The van der Waals surface area contributed by atoms with E-state index in [1.807, 2.05) is 121 Å². The molecule has 3 aliphatic rings. The first kappa shape index (κ1) is 36.8. The van der Waals surface area contributed by atoms with Crippen molar-refractivity contribution < 1.29 is 52.8 Å². The molecule has 0 aromatic heterocycles. The number of benzene rings is 4. The van der Waals surface area contributed by atoms with Gasteiger partial charge in [-0.2, -0.15) is 0 Å². The van der Waals surface area contributed by atoms with Gasteiger partial charge in [-0.15, -0.1) is 0 Å². The molecule has 1 unspecified atom stereocenters. The van der Waals surface area contributed by atoms with Crippen LogP contribution in [-0.2, 0) is 62.5 Å². The lowest BCUT2D eigenvalue weighted by Gasteiger charge is -2.50. The summed E-state index contributed by atoms with van der Waals surface area (Å²) >= 11 is 0. The highest BCUT2D eigenvalue weighted by molar-refractivity contribution is 5.18. The normalized spacial score (nSPS) is 31.9. The van der Waals surface area contributed by atoms with Gasteiger partial charge in [0.1, 0.15) is 48.8 Å². The largest absolute Gasteiger partial charge is 0.385 e. The highest BCUT2D eigenvalue weighted by Gasteiger charge is 2.54. The molecule has 4 aromatic rings. The van der Waals surface area contributed by atoms with E-state index >= 15 is 0 Å². The van der Waals surface area contributed by atoms with Crippen molar-refractivity contribution in [2.45, 2.75) is 87.5 Å². The molecule has 0 aliphatic carbocycles. The van der Waals surface area contributed by atoms with Crippen LogP contribution < -0.4 is 0 Å². The standard InChI is InChI=1S/C41H46O11/c1-44-40-34(43)38(36-32(49-40)26-48-39(51-36)30-20-12-5-13-21-30)52-41-33(42)37(47-24-29-18-10-4-11-19-29)35(46-23-28-16-8-3-9-17-28)31(50-41)25-45-22-27-14-6-2-7-15-27/h2-21,31-43H,22-26H2,1H3/t31-,32-,33-,34+,35-,36-,37-,38-,39?,40+,41-/m1/s1. The van der Waals surface area contributed by atoms with Crippen LogP contribution in [0.15, 0.2) is 121 Å². The molecule has 3 saturated heterocycles. The average Bonchev–Trinajstić information content (AvgIpc) is 3.20. The number of ether oxygens (including phenoxy) is 9. The number of methoxy groups -OCH3 is 1. The van der Waals surface area contributed by atoms with Gasteiger partial charge in [-0.1, -0.05) is 121 Å². The van der Waals surface area contributed by atoms with Crippen LogP contribution in [-0.4, -0.2) is 91.9 Å². The monoisotopic (exact) mass is 714 g/mol. The molecule has 2 N–H and O–H groups in total. The van der Waals surface area contributed by atoms with Crippen molar-refractivity contribution in [2.75, 3.05) is 20.3 Å². The Hall–Kier alpha value is -3.56.